The molecule has 0 saturated heterocycles. The summed E-state index contributed by atoms with van der Waals surface area (Å²) in [4.78, 5) is 11.4. The Bertz CT molecular complexity index is 477. The molecule has 1 amide bonds. The Labute approximate surface area is 113 Å². The second kappa shape index (κ2) is 6.44. The molecule has 112 valence electrons. The summed E-state index contributed by atoms with van der Waals surface area (Å²) in [5.41, 5.74) is 0.262. The van der Waals surface area contributed by atoms with Crippen LogP contribution in [-0.4, -0.2) is 31.8 Å². The first-order valence-electron chi connectivity index (χ1n) is 5.67. The summed E-state index contributed by atoms with van der Waals surface area (Å²) in [5.74, 6) is -1.44. The highest BCUT2D eigenvalue weighted by Gasteiger charge is 2.28. The van der Waals surface area contributed by atoms with Crippen LogP contribution in [0.5, 0.6) is 5.75 Å². The highest BCUT2D eigenvalue weighted by Crippen LogP contribution is 2.21. The first kappa shape index (κ1) is 16.1. The van der Waals surface area contributed by atoms with Crippen molar-refractivity contribution in [3.63, 3.8) is 0 Å². The maximum Gasteiger partial charge on any atom is 0.405 e. The number of halogens is 4. The third-order valence-electron chi connectivity index (χ3n) is 2.39. The SMILES string of the molecule is COc1ccc(NC(C)C(=O)NCC(F)(F)F)cc1F. The van der Waals surface area contributed by atoms with E-state index in [1.165, 1.54) is 26.2 Å². The molecule has 0 saturated carbocycles. The summed E-state index contributed by atoms with van der Waals surface area (Å²) in [6.07, 6.45) is -4.47. The van der Waals surface area contributed by atoms with Gasteiger partial charge in [0.05, 0.1) is 7.11 Å². The summed E-state index contributed by atoms with van der Waals surface area (Å²) in [5, 5.41) is 4.33. The van der Waals surface area contributed by atoms with Gasteiger partial charge in [0.1, 0.15) is 12.6 Å². The highest BCUT2D eigenvalue weighted by atomic mass is 19.4. The van der Waals surface area contributed by atoms with Gasteiger partial charge in [-0.1, -0.05) is 0 Å². The molecular formula is C12H14F4N2O2. The molecule has 0 bridgehead atoms. The van der Waals surface area contributed by atoms with E-state index in [0.29, 0.717) is 0 Å². The highest BCUT2D eigenvalue weighted by molar-refractivity contribution is 5.84. The van der Waals surface area contributed by atoms with Crippen molar-refractivity contribution in [1.29, 1.82) is 0 Å². The fraction of sp³-hybridized carbons (Fsp3) is 0.417. The molecule has 0 aromatic heterocycles. The Balaban J connectivity index is 2.59. The van der Waals surface area contributed by atoms with Crippen molar-refractivity contribution in [3.05, 3.63) is 24.0 Å². The van der Waals surface area contributed by atoms with Crippen LogP contribution in [0.3, 0.4) is 0 Å². The molecule has 1 aromatic carbocycles. The number of hydrogen-bond acceptors (Lipinski definition) is 3. The Kier molecular flexibility index (Phi) is 5.18. The van der Waals surface area contributed by atoms with E-state index in [4.69, 9.17) is 4.74 Å². The van der Waals surface area contributed by atoms with Gasteiger partial charge in [-0.15, -0.1) is 0 Å². The molecule has 1 unspecified atom stereocenters. The predicted molar refractivity (Wildman–Crippen MR) is 65.1 cm³/mol. The largest absolute Gasteiger partial charge is 0.494 e. The van der Waals surface area contributed by atoms with Crippen LogP contribution in [0.1, 0.15) is 6.92 Å². The zero-order valence-corrected chi connectivity index (χ0v) is 10.8. The predicted octanol–water partition coefficient (Wildman–Crippen LogP) is 2.31. The van der Waals surface area contributed by atoms with Crippen LogP contribution in [0, 0.1) is 5.82 Å². The lowest BCUT2D eigenvalue weighted by Gasteiger charge is -2.16. The third-order valence-corrected chi connectivity index (χ3v) is 2.39. The van der Waals surface area contributed by atoms with Gasteiger partial charge in [-0.2, -0.15) is 13.2 Å². The van der Waals surface area contributed by atoms with Gasteiger partial charge < -0.3 is 15.4 Å². The van der Waals surface area contributed by atoms with Crippen LogP contribution in [0.25, 0.3) is 0 Å². The summed E-state index contributed by atoms with van der Waals surface area (Å²) in [6.45, 7) is -0.0390. The Hall–Kier alpha value is -1.99. The molecule has 2 N–H and O–H groups in total. The molecule has 1 aromatic rings. The summed E-state index contributed by atoms with van der Waals surface area (Å²) < 4.78 is 53.9. The third kappa shape index (κ3) is 4.94. The maximum absolute atomic E-state index is 13.4. The number of amides is 1. The Morgan fingerprint density at radius 3 is 2.55 bits per heavy atom. The number of alkyl halides is 3. The van der Waals surface area contributed by atoms with E-state index in [1.54, 1.807) is 5.32 Å². The number of benzene rings is 1. The van der Waals surface area contributed by atoms with E-state index < -0.39 is 30.5 Å². The number of carbonyl (C=O) groups is 1. The number of anilines is 1. The number of carbonyl (C=O) groups excluding carboxylic acids is 1. The monoisotopic (exact) mass is 294 g/mol. The van der Waals surface area contributed by atoms with Crippen molar-refractivity contribution >= 4 is 11.6 Å². The Morgan fingerprint density at radius 1 is 1.40 bits per heavy atom. The lowest BCUT2D eigenvalue weighted by molar-refractivity contribution is -0.138. The molecular weight excluding hydrogens is 280 g/mol. The fourth-order valence-electron chi connectivity index (χ4n) is 1.41. The minimum absolute atomic E-state index is 0.0322. The first-order chi connectivity index (χ1) is 9.23. The van der Waals surface area contributed by atoms with Crippen LogP contribution >= 0.6 is 0 Å². The van der Waals surface area contributed by atoms with Crippen molar-refractivity contribution < 1.29 is 27.1 Å². The van der Waals surface area contributed by atoms with Crippen LogP contribution in [0.15, 0.2) is 18.2 Å². The van der Waals surface area contributed by atoms with Gasteiger partial charge in [0.15, 0.2) is 11.6 Å². The van der Waals surface area contributed by atoms with Crippen molar-refractivity contribution in [1.82, 2.24) is 5.32 Å². The molecule has 0 heterocycles. The molecule has 0 aliphatic rings. The molecule has 1 atom stereocenters. The second-order valence-electron chi connectivity index (χ2n) is 4.05. The summed E-state index contributed by atoms with van der Waals surface area (Å²) >= 11 is 0. The van der Waals surface area contributed by atoms with Gasteiger partial charge in [0.2, 0.25) is 5.91 Å². The minimum Gasteiger partial charge on any atom is -0.494 e. The smallest absolute Gasteiger partial charge is 0.405 e. The first-order valence-corrected chi connectivity index (χ1v) is 5.67. The molecule has 0 fully saturated rings. The zero-order chi connectivity index (χ0) is 15.3. The lowest BCUT2D eigenvalue weighted by Crippen LogP contribution is -2.42. The maximum atomic E-state index is 13.4. The quantitative estimate of drug-likeness (QED) is 0.819. The molecule has 0 radical (unpaired) electrons. The second-order valence-corrected chi connectivity index (χ2v) is 4.05. The van der Waals surface area contributed by atoms with Gasteiger partial charge in [-0.05, 0) is 19.1 Å². The van der Waals surface area contributed by atoms with Crippen LogP contribution < -0.4 is 15.4 Å². The summed E-state index contributed by atoms with van der Waals surface area (Å²) in [6, 6.07) is 2.95. The van der Waals surface area contributed by atoms with Crippen LogP contribution in [0.2, 0.25) is 0 Å². The zero-order valence-electron chi connectivity index (χ0n) is 10.8. The number of methoxy groups -OCH3 is 1. The van der Waals surface area contributed by atoms with Gasteiger partial charge >= 0.3 is 6.18 Å². The van der Waals surface area contributed by atoms with E-state index in [0.717, 1.165) is 6.07 Å². The van der Waals surface area contributed by atoms with E-state index in [1.807, 2.05) is 0 Å². The Morgan fingerprint density at radius 2 is 2.05 bits per heavy atom. The standard InChI is InChI=1S/C12H14F4N2O2/c1-7(11(19)17-6-12(14,15)16)18-8-3-4-10(20-2)9(13)5-8/h3-5,7,18H,6H2,1-2H3,(H,17,19). The van der Waals surface area contributed by atoms with Crippen molar-refractivity contribution in [3.8, 4) is 5.75 Å². The molecule has 1 rings (SSSR count). The normalized spacial score (nSPS) is 12.7. The fourth-order valence-corrected chi connectivity index (χ4v) is 1.41. The molecule has 4 nitrogen and oxygen atoms in total. The van der Waals surface area contributed by atoms with E-state index in [-0.39, 0.29) is 11.4 Å². The van der Waals surface area contributed by atoms with Crippen molar-refractivity contribution in [2.24, 2.45) is 0 Å². The number of nitrogens with one attached hydrogen (secondary N) is 2. The lowest BCUT2D eigenvalue weighted by atomic mass is 10.2. The molecule has 0 aliphatic carbocycles. The van der Waals surface area contributed by atoms with Gasteiger partial charge in [-0.25, -0.2) is 4.39 Å². The van der Waals surface area contributed by atoms with Crippen LogP contribution in [-0.2, 0) is 4.79 Å². The summed E-state index contributed by atoms with van der Waals surface area (Å²) in [7, 11) is 1.30. The number of ether oxygens (including phenoxy) is 1. The van der Waals surface area contributed by atoms with E-state index in [9.17, 15) is 22.4 Å². The molecule has 0 aliphatic heterocycles. The van der Waals surface area contributed by atoms with Crippen molar-refractivity contribution in [2.45, 2.75) is 19.1 Å². The van der Waals surface area contributed by atoms with E-state index in [2.05, 4.69) is 5.32 Å². The molecule has 0 spiro atoms. The minimum atomic E-state index is -4.47. The van der Waals surface area contributed by atoms with Crippen molar-refractivity contribution in [2.75, 3.05) is 19.0 Å². The average molecular weight is 294 g/mol. The number of rotatable bonds is 5. The van der Waals surface area contributed by atoms with E-state index >= 15 is 0 Å². The van der Waals surface area contributed by atoms with Crippen LogP contribution in [0.4, 0.5) is 23.2 Å². The molecule has 20 heavy (non-hydrogen) atoms. The van der Waals surface area contributed by atoms with Gasteiger partial charge in [-0.3, -0.25) is 4.79 Å². The molecule has 8 heteroatoms. The average Bonchev–Trinajstić information content (AvgIpc) is 2.35. The van der Waals surface area contributed by atoms with Gasteiger partial charge in [0.25, 0.3) is 0 Å². The topological polar surface area (TPSA) is 50.4 Å². The van der Waals surface area contributed by atoms with Gasteiger partial charge in [0, 0.05) is 11.8 Å². The number of hydrogen-bond donors (Lipinski definition) is 2.